The molecule has 3 N–H and O–H groups in total. The third kappa shape index (κ3) is 7.29. The van der Waals surface area contributed by atoms with Crippen LogP contribution in [-0.4, -0.2) is 62.4 Å². The average molecular weight is 577 g/mol. The number of aromatic nitrogens is 2. The summed E-state index contributed by atoms with van der Waals surface area (Å²) in [7, 11) is -4.03. The summed E-state index contributed by atoms with van der Waals surface area (Å²) in [6.07, 6.45) is -3.19. The minimum Gasteiger partial charge on any atom is -0.463 e. The van der Waals surface area contributed by atoms with Crippen LogP contribution in [0.15, 0.2) is 41.3 Å². The molecule has 0 aliphatic carbocycles. The summed E-state index contributed by atoms with van der Waals surface area (Å²) in [5.41, 5.74) is -2.29. The van der Waals surface area contributed by atoms with Gasteiger partial charge in [0.25, 0.3) is 5.56 Å². The Morgan fingerprint density at radius 1 is 1.30 bits per heavy atom. The molecule has 1 aromatic heterocycles. The van der Waals surface area contributed by atoms with E-state index in [4.69, 9.17) is 42.3 Å². The van der Waals surface area contributed by atoms with Crippen molar-refractivity contribution in [3.8, 4) is 5.75 Å². The van der Waals surface area contributed by atoms with E-state index in [1.54, 1.807) is 13.8 Å². The molecule has 11 nitrogen and oxygen atoms in total. The van der Waals surface area contributed by atoms with Crippen LogP contribution >= 0.6 is 31.4 Å². The summed E-state index contributed by atoms with van der Waals surface area (Å²) in [5.74, 6) is -1.23. The highest BCUT2D eigenvalue weighted by Gasteiger charge is 2.53. The fourth-order valence-corrected chi connectivity index (χ4v) is 5.96. The lowest BCUT2D eigenvalue weighted by Gasteiger charge is -2.28. The van der Waals surface area contributed by atoms with E-state index in [1.165, 1.54) is 54.9 Å². The van der Waals surface area contributed by atoms with Crippen molar-refractivity contribution < 1.29 is 38.1 Å². The van der Waals surface area contributed by atoms with Crippen LogP contribution in [0.4, 0.5) is 0 Å². The smallest absolute Gasteiger partial charge is 0.380 e. The lowest BCUT2D eigenvalue weighted by molar-refractivity contribution is -0.151. The molecular weight excluding hydrogens is 547 g/mol. The van der Waals surface area contributed by atoms with Gasteiger partial charge in [-0.1, -0.05) is 18.5 Å². The molecule has 1 aromatic carbocycles. The van der Waals surface area contributed by atoms with Gasteiger partial charge >= 0.3 is 13.6 Å². The first-order valence-corrected chi connectivity index (χ1v) is 14.0. The number of benzene rings is 1. The third-order valence-electron chi connectivity index (χ3n) is 5.60. The van der Waals surface area contributed by atoms with Crippen molar-refractivity contribution in [2.24, 2.45) is 5.92 Å². The van der Waals surface area contributed by atoms with Gasteiger partial charge in [0.2, 0.25) is 0 Å². The second kappa shape index (κ2) is 11.8. The Morgan fingerprint density at radius 3 is 2.54 bits per heavy atom. The number of nitrogens with one attached hydrogen (secondary N) is 1. The van der Waals surface area contributed by atoms with Gasteiger partial charge in [-0.3, -0.25) is 23.7 Å². The third-order valence-corrected chi connectivity index (χ3v) is 8.19. The zero-order valence-electron chi connectivity index (χ0n) is 20.7. The second-order valence-electron chi connectivity index (χ2n) is 9.24. The normalized spacial score (nSPS) is 26.0. The maximum atomic E-state index is 13.8. The fraction of sp³-hybridized carbons (Fsp3) is 0.522. The predicted octanol–water partition coefficient (Wildman–Crippen LogP) is 3.44. The van der Waals surface area contributed by atoms with E-state index in [-0.39, 0.29) is 22.8 Å². The number of carbonyl (C=O) groups excluding carboxylic acids is 1. The Balaban J connectivity index is 1.81. The molecule has 37 heavy (non-hydrogen) atoms. The van der Waals surface area contributed by atoms with Gasteiger partial charge in [0.15, 0.2) is 11.0 Å². The highest BCUT2D eigenvalue weighted by molar-refractivity contribution is 7.71. The number of halogens is 1. The minimum atomic E-state index is -4.03. The van der Waals surface area contributed by atoms with Crippen molar-refractivity contribution in [1.29, 1.82) is 0 Å². The highest BCUT2D eigenvalue weighted by Crippen LogP contribution is 2.51. The van der Waals surface area contributed by atoms with E-state index in [0.717, 1.165) is 0 Å². The molecule has 1 aliphatic heterocycles. The van der Waals surface area contributed by atoms with E-state index in [9.17, 15) is 24.4 Å². The monoisotopic (exact) mass is 576 g/mol. The molecule has 6 atom stereocenters. The molecule has 1 saturated heterocycles. The van der Waals surface area contributed by atoms with Gasteiger partial charge in [-0.25, -0.2) is 4.57 Å². The van der Waals surface area contributed by atoms with Gasteiger partial charge in [-0.05, 0) is 57.3 Å². The number of hydrogen-bond donors (Lipinski definition) is 3. The molecule has 0 saturated carbocycles. The van der Waals surface area contributed by atoms with Crippen LogP contribution in [0.25, 0.3) is 0 Å². The summed E-state index contributed by atoms with van der Waals surface area (Å²) in [4.78, 5) is 26.3. The van der Waals surface area contributed by atoms with Crippen molar-refractivity contribution in [2.75, 3.05) is 12.8 Å². The number of esters is 1. The summed E-state index contributed by atoms with van der Waals surface area (Å²) in [6, 6.07) is 7.26. The standard InChI is InChI=1S/C23H30ClN2O9PS/c1-13(2)33-20(29)14(3)12-36(31,35-16-7-5-15(24)6-8-16)32-11-17-19(28)23(4,30)21(34-17)26-10-9-18(27)25-22(26)37/h5-10,13-14,17,19,21,28,30H,11-12H2,1-4H3,(H,25,27,37)/t14-,17-,19+,21-,23?,36?/m1/s1. The van der Waals surface area contributed by atoms with Crippen LogP contribution < -0.4 is 10.1 Å². The van der Waals surface area contributed by atoms with Crippen LogP contribution in [0.1, 0.15) is 33.9 Å². The van der Waals surface area contributed by atoms with Gasteiger partial charge in [0.1, 0.15) is 23.6 Å². The Labute approximate surface area is 223 Å². The molecule has 0 radical (unpaired) electrons. The predicted molar refractivity (Wildman–Crippen MR) is 137 cm³/mol. The number of aliphatic hydroxyl groups is 2. The summed E-state index contributed by atoms with van der Waals surface area (Å²) < 4.78 is 37.4. The van der Waals surface area contributed by atoms with Crippen LogP contribution in [0, 0.1) is 10.7 Å². The molecule has 14 heteroatoms. The SMILES string of the molecule is CC(C)OC(=O)[C@H](C)CP(=O)(OC[C@H]1O[C@@H](n2ccc(=O)[nH]c2=S)C(C)(O)[C@H]1O)Oc1ccc(Cl)cc1. The van der Waals surface area contributed by atoms with Crippen LogP contribution in [0.3, 0.4) is 0 Å². The number of carbonyl (C=O) groups is 1. The quantitative estimate of drug-likeness (QED) is 0.218. The molecule has 3 rings (SSSR count). The van der Waals surface area contributed by atoms with E-state index < -0.39 is 55.7 Å². The van der Waals surface area contributed by atoms with Crippen molar-refractivity contribution in [2.45, 2.75) is 57.8 Å². The summed E-state index contributed by atoms with van der Waals surface area (Å²) in [6.45, 7) is 5.80. The number of aliphatic hydroxyl groups excluding tert-OH is 1. The zero-order chi connectivity index (χ0) is 27.5. The minimum absolute atomic E-state index is 0.0271. The van der Waals surface area contributed by atoms with Crippen molar-refractivity contribution in [3.63, 3.8) is 0 Å². The van der Waals surface area contributed by atoms with Crippen molar-refractivity contribution >= 4 is 37.4 Å². The number of H-pyrrole nitrogens is 1. The molecular formula is C23H30ClN2O9PS. The topological polar surface area (TPSA) is 149 Å². The highest BCUT2D eigenvalue weighted by atomic mass is 35.5. The van der Waals surface area contributed by atoms with E-state index in [2.05, 4.69) is 4.98 Å². The molecule has 0 spiro atoms. The van der Waals surface area contributed by atoms with Gasteiger partial charge < -0.3 is 24.2 Å². The number of aromatic amines is 1. The molecule has 2 heterocycles. The maximum Gasteiger partial charge on any atom is 0.380 e. The van der Waals surface area contributed by atoms with Gasteiger partial charge in [0.05, 0.1) is 24.8 Å². The number of rotatable bonds is 10. The van der Waals surface area contributed by atoms with E-state index >= 15 is 0 Å². The average Bonchev–Trinajstić information content (AvgIpc) is 3.02. The second-order valence-corrected chi connectivity index (χ2v) is 12.1. The first kappa shape index (κ1) is 29.5. The molecule has 0 amide bonds. The van der Waals surface area contributed by atoms with Crippen LogP contribution in [-0.2, 0) is 23.4 Å². The molecule has 1 aliphatic rings. The number of ether oxygens (including phenoxy) is 2. The maximum absolute atomic E-state index is 13.8. The first-order chi connectivity index (χ1) is 17.2. The first-order valence-electron chi connectivity index (χ1n) is 11.5. The Kier molecular flexibility index (Phi) is 9.39. The molecule has 204 valence electrons. The fourth-order valence-electron chi connectivity index (χ4n) is 3.71. The molecule has 0 bridgehead atoms. The number of hydrogen-bond acceptors (Lipinski definition) is 10. The molecule has 2 aromatic rings. The van der Waals surface area contributed by atoms with Gasteiger partial charge in [-0.15, -0.1) is 0 Å². The Morgan fingerprint density at radius 2 is 1.95 bits per heavy atom. The van der Waals surface area contributed by atoms with Crippen molar-refractivity contribution in [1.82, 2.24) is 9.55 Å². The van der Waals surface area contributed by atoms with Gasteiger partial charge in [-0.2, -0.15) is 0 Å². The van der Waals surface area contributed by atoms with Crippen molar-refractivity contribution in [3.05, 3.63) is 56.7 Å². The lowest BCUT2D eigenvalue weighted by atomic mass is 9.96. The number of nitrogens with zero attached hydrogens (tertiary/aromatic N) is 1. The largest absolute Gasteiger partial charge is 0.463 e. The molecule has 2 unspecified atom stereocenters. The lowest BCUT2D eigenvalue weighted by Crippen LogP contribution is -2.44. The van der Waals surface area contributed by atoms with E-state index in [1.807, 2.05) is 0 Å². The zero-order valence-corrected chi connectivity index (χ0v) is 23.2. The van der Waals surface area contributed by atoms with Crippen LogP contribution in [0.2, 0.25) is 5.02 Å². The Hall–Kier alpha value is -2.05. The van der Waals surface area contributed by atoms with Crippen LogP contribution in [0.5, 0.6) is 5.75 Å². The van der Waals surface area contributed by atoms with E-state index in [0.29, 0.717) is 5.02 Å². The summed E-state index contributed by atoms with van der Waals surface area (Å²) in [5, 5.41) is 22.2. The summed E-state index contributed by atoms with van der Waals surface area (Å²) >= 11 is 11.1. The Bertz CT molecular complexity index is 1260. The molecule has 1 fully saturated rings. The van der Waals surface area contributed by atoms with Gasteiger partial charge in [0, 0.05) is 17.3 Å².